The van der Waals surface area contributed by atoms with Crippen molar-refractivity contribution < 1.29 is 27.9 Å². The smallest absolute Gasteiger partial charge is 0.387 e. The van der Waals surface area contributed by atoms with Crippen LogP contribution in [0.5, 0.6) is 5.75 Å². The van der Waals surface area contributed by atoms with Crippen LogP contribution in [0.4, 0.5) is 13.6 Å². The summed E-state index contributed by atoms with van der Waals surface area (Å²) in [6.07, 6.45) is 0.719. The molecule has 9 heteroatoms. The molecule has 142 valence electrons. The fourth-order valence-corrected chi connectivity index (χ4v) is 2.57. The van der Waals surface area contributed by atoms with Crippen LogP contribution >= 0.6 is 0 Å². The van der Waals surface area contributed by atoms with E-state index in [9.17, 15) is 23.2 Å². The van der Waals surface area contributed by atoms with Crippen molar-refractivity contribution in [3.63, 3.8) is 0 Å². The number of hydrogen-bond acceptors (Lipinski definition) is 4. The molecule has 1 aromatic carbocycles. The molecule has 0 aliphatic carbocycles. The molecule has 7 nitrogen and oxygen atoms in total. The van der Waals surface area contributed by atoms with Gasteiger partial charge in [-0.15, -0.1) is 0 Å². The zero-order valence-electron chi connectivity index (χ0n) is 14.7. The zero-order chi connectivity index (χ0) is 19.5. The second-order valence-corrected chi connectivity index (χ2v) is 6.23. The Balaban J connectivity index is 2.14. The SMILES string of the molecule is CC[C@@H](C)NC(=O)CN1C(=O)N[C@@](C)(c2ccc(OC(F)F)cc2)C1=O. The summed E-state index contributed by atoms with van der Waals surface area (Å²) in [5, 5.41) is 5.24. The molecule has 0 bridgehead atoms. The van der Waals surface area contributed by atoms with Gasteiger partial charge in [-0.2, -0.15) is 8.78 Å². The molecule has 0 spiro atoms. The predicted octanol–water partition coefficient (Wildman–Crippen LogP) is 1.97. The summed E-state index contributed by atoms with van der Waals surface area (Å²) in [7, 11) is 0. The highest BCUT2D eigenvalue weighted by Crippen LogP contribution is 2.30. The molecule has 1 saturated heterocycles. The third kappa shape index (κ3) is 4.09. The average Bonchev–Trinajstić information content (AvgIpc) is 2.79. The van der Waals surface area contributed by atoms with Crippen LogP contribution in [0.2, 0.25) is 0 Å². The molecule has 0 unspecified atom stereocenters. The van der Waals surface area contributed by atoms with Crippen molar-refractivity contribution in [1.29, 1.82) is 0 Å². The van der Waals surface area contributed by atoms with E-state index in [1.54, 1.807) is 0 Å². The van der Waals surface area contributed by atoms with Crippen LogP contribution in [0.3, 0.4) is 0 Å². The molecule has 0 aromatic heterocycles. The summed E-state index contributed by atoms with van der Waals surface area (Å²) in [5.41, 5.74) is -1.00. The molecular formula is C17H21F2N3O4. The molecule has 2 N–H and O–H groups in total. The summed E-state index contributed by atoms with van der Waals surface area (Å²) in [4.78, 5) is 37.7. The number of halogens is 2. The number of nitrogens with zero attached hydrogens (tertiary/aromatic N) is 1. The normalized spacial score (nSPS) is 20.9. The van der Waals surface area contributed by atoms with Crippen LogP contribution in [0.15, 0.2) is 24.3 Å². The number of imide groups is 1. The number of carbonyl (C=O) groups excluding carboxylic acids is 3. The summed E-state index contributed by atoms with van der Waals surface area (Å²) < 4.78 is 28.7. The van der Waals surface area contributed by atoms with Gasteiger partial charge in [-0.05, 0) is 38.0 Å². The second kappa shape index (κ2) is 7.67. The maximum absolute atomic E-state index is 12.7. The van der Waals surface area contributed by atoms with Crippen LogP contribution < -0.4 is 15.4 Å². The minimum Gasteiger partial charge on any atom is -0.435 e. The predicted molar refractivity (Wildman–Crippen MR) is 88.6 cm³/mol. The van der Waals surface area contributed by atoms with Gasteiger partial charge in [0.15, 0.2) is 0 Å². The van der Waals surface area contributed by atoms with Gasteiger partial charge in [0.2, 0.25) is 5.91 Å². The van der Waals surface area contributed by atoms with Crippen molar-refractivity contribution in [2.24, 2.45) is 0 Å². The van der Waals surface area contributed by atoms with Crippen molar-refractivity contribution in [1.82, 2.24) is 15.5 Å². The van der Waals surface area contributed by atoms with Gasteiger partial charge < -0.3 is 15.4 Å². The summed E-state index contributed by atoms with van der Waals surface area (Å²) in [6, 6.07) is 4.63. The van der Waals surface area contributed by atoms with Crippen LogP contribution in [-0.4, -0.2) is 41.9 Å². The van der Waals surface area contributed by atoms with Gasteiger partial charge in [0.05, 0.1) is 0 Å². The van der Waals surface area contributed by atoms with E-state index in [4.69, 9.17) is 0 Å². The van der Waals surface area contributed by atoms with Gasteiger partial charge in [-0.25, -0.2) is 4.79 Å². The van der Waals surface area contributed by atoms with E-state index in [0.29, 0.717) is 5.56 Å². The van der Waals surface area contributed by atoms with Gasteiger partial charge in [0.25, 0.3) is 5.91 Å². The molecule has 1 aromatic rings. The molecular weight excluding hydrogens is 348 g/mol. The molecule has 0 saturated carbocycles. The molecule has 1 aliphatic rings. The van der Waals surface area contributed by atoms with Gasteiger partial charge in [-0.3, -0.25) is 14.5 Å². The second-order valence-electron chi connectivity index (χ2n) is 6.23. The number of carbonyl (C=O) groups is 3. The van der Waals surface area contributed by atoms with Crippen molar-refractivity contribution in [3.05, 3.63) is 29.8 Å². The number of rotatable bonds is 7. The topological polar surface area (TPSA) is 87.7 Å². The molecule has 4 amide bonds. The lowest BCUT2D eigenvalue weighted by molar-refractivity contribution is -0.135. The number of nitrogens with one attached hydrogen (secondary N) is 2. The molecule has 2 atom stereocenters. The van der Waals surface area contributed by atoms with E-state index in [-0.39, 0.29) is 11.8 Å². The standard InChI is InChI=1S/C17H21F2N3O4/c1-4-10(2)20-13(23)9-22-14(24)17(3,21-16(22)25)11-5-7-12(8-6-11)26-15(18)19/h5-8,10,15H,4,9H2,1-3H3,(H,20,23)(H,21,25)/t10-,17+/m1/s1. The van der Waals surface area contributed by atoms with Crippen LogP contribution in [0.1, 0.15) is 32.8 Å². The van der Waals surface area contributed by atoms with Crippen LogP contribution in [-0.2, 0) is 15.1 Å². The fourth-order valence-electron chi connectivity index (χ4n) is 2.57. The lowest BCUT2D eigenvalue weighted by Crippen LogP contribution is -2.44. The Kier molecular flexibility index (Phi) is 5.79. The summed E-state index contributed by atoms with van der Waals surface area (Å²) in [5.74, 6) is -1.09. The first-order chi connectivity index (χ1) is 12.2. The van der Waals surface area contributed by atoms with Crippen molar-refractivity contribution in [3.8, 4) is 5.75 Å². The van der Waals surface area contributed by atoms with E-state index >= 15 is 0 Å². The maximum atomic E-state index is 12.7. The van der Waals surface area contributed by atoms with Crippen molar-refractivity contribution >= 4 is 17.8 Å². The summed E-state index contributed by atoms with van der Waals surface area (Å²) >= 11 is 0. The molecule has 0 radical (unpaired) electrons. The third-order valence-corrected chi connectivity index (χ3v) is 4.25. The first-order valence-electron chi connectivity index (χ1n) is 8.16. The minimum atomic E-state index is -2.95. The lowest BCUT2D eigenvalue weighted by Gasteiger charge is -2.22. The van der Waals surface area contributed by atoms with E-state index in [1.165, 1.54) is 31.2 Å². The third-order valence-electron chi connectivity index (χ3n) is 4.25. The molecule has 1 aliphatic heterocycles. The highest BCUT2D eigenvalue weighted by molar-refractivity contribution is 6.09. The molecule has 2 rings (SSSR count). The Morgan fingerprint density at radius 1 is 1.31 bits per heavy atom. The highest BCUT2D eigenvalue weighted by Gasteiger charge is 2.49. The molecule has 26 heavy (non-hydrogen) atoms. The highest BCUT2D eigenvalue weighted by atomic mass is 19.3. The van der Waals surface area contributed by atoms with Crippen LogP contribution in [0.25, 0.3) is 0 Å². The number of urea groups is 1. The molecule has 1 heterocycles. The fraction of sp³-hybridized carbons (Fsp3) is 0.471. The first kappa shape index (κ1) is 19.6. The first-order valence-corrected chi connectivity index (χ1v) is 8.16. The Labute approximate surface area is 149 Å². The zero-order valence-corrected chi connectivity index (χ0v) is 14.7. The largest absolute Gasteiger partial charge is 0.435 e. The number of alkyl halides is 2. The lowest BCUT2D eigenvalue weighted by atomic mass is 9.92. The minimum absolute atomic E-state index is 0.0612. The monoisotopic (exact) mass is 369 g/mol. The maximum Gasteiger partial charge on any atom is 0.387 e. The number of hydrogen-bond donors (Lipinski definition) is 2. The Morgan fingerprint density at radius 3 is 2.46 bits per heavy atom. The van der Waals surface area contributed by atoms with Gasteiger partial charge >= 0.3 is 12.6 Å². The van der Waals surface area contributed by atoms with Crippen LogP contribution in [0, 0.1) is 0 Å². The van der Waals surface area contributed by atoms with Gasteiger partial charge in [0, 0.05) is 6.04 Å². The van der Waals surface area contributed by atoms with E-state index in [1.807, 2.05) is 13.8 Å². The average molecular weight is 369 g/mol. The number of benzene rings is 1. The summed E-state index contributed by atoms with van der Waals surface area (Å²) in [6.45, 7) is 1.86. The van der Waals surface area contributed by atoms with E-state index in [2.05, 4.69) is 15.4 Å². The van der Waals surface area contributed by atoms with Crippen molar-refractivity contribution in [2.45, 2.75) is 45.4 Å². The van der Waals surface area contributed by atoms with Gasteiger partial charge in [0.1, 0.15) is 17.8 Å². The van der Waals surface area contributed by atoms with E-state index in [0.717, 1.165) is 11.3 Å². The number of ether oxygens (including phenoxy) is 1. The Bertz CT molecular complexity index is 696. The Morgan fingerprint density at radius 2 is 1.92 bits per heavy atom. The number of amides is 4. The van der Waals surface area contributed by atoms with Crippen molar-refractivity contribution in [2.75, 3.05) is 6.54 Å². The van der Waals surface area contributed by atoms with E-state index < -0.39 is 36.5 Å². The van der Waals surface area contributed by atoms with Gasteiger partial charge in [-0.1, -0.05) is 19.1 Å². The quantitative estimate of drug-likeness (QED) is 0.720. The molecule has 1 fully saturated rings. The Hall–Kier alpha value is -2.71.